The summed E-state index contributed by atoms with van der Waals surface area (Å²) in [4.78, 5) is 28.1. The smallest absolute Gasteiger partial charge is 0.266 e. The van der Waals surface area contributed by atoms with Gasteiger partial charge in [0.1, 0.15) is 22.2 Å². The predicted octanol–water partition coefficient (Wildman–Crippen LogP) is 5.93. The van der Waals surface area contributed by atoms with Crippen molar-refractivity contribution in [3.05, 3.63) is 70.2 Å². The molecule has 6 nitrogen and oxygen atoms in total. The first-order valence-electron chi connectivity index (χ1n) is 10.3. The van der Waals surface area contributed by atoms with Gasteiger partial charge in [-0.3, -0.25) is 9.78 Å². The molecule has 3 aromatic heterocycles. The number of benzene rings is 1. The molecule has 0 atom stereocenters. The molecule has 1 aromatic carbocycles. The lowest BCUT2D eigenvalue weighted by Crippen LogP contribution is -2.11. The highest BCUT2D eigenvalue weighted by Gasteiger charge is 2.28. The molecule has 1 fully saturated rings. The van der Waals surface area contributed by atoms with Crippen LogP contribution in [0.2, 0.25) is 0 Å². The molecule has 1 N–H and O–H groups in total. The molecule has 3 heterocycles. The van der Waals surface area contributed by atoms with Crippen LogP contribution in [0.1, 0.15) is 51.1 Å². The molecule has 1 amide bonds. The summed E-state index contributed by atoms with van der Waals surface area (Å²) in [6.45, 7) is 5.92. The minimum atomic E-state index is -0.131. The summed E-state index contributed by atoms with van der Waals surface area (Å²) >= 11 is 1.44. The molecule has 0 spiro atoms. The number of hydrogen-bond acceptors (Lipinski definition) is 6. The average Bonchev–Trinajstić information content (AvgIpc) is 3.54. The number of ether oxygens (including phenoxy) is 1. The number of aromatic nitrogens is 3. The summed E-state index contributed by atoms with van der Waals surface area (Å²) in [5.41, 5.74) is 3.53. The van der Waals surface area contributed by atoms with E-state index in [4.69, 9.17) is 9.72 Å². The first-order chi connectivity index (χ1) is 15.0. The molecule has 5 rings (SSSR count). The molecule has 7 heteroatoms. The highest BCUT2D eigenvalue weighted by atomic mass is 32.1. The van der Waals surface area contributed by atoms with Crippen LogP contribution in [-0.2, 0) is 0 Å². The van der Waals surface area contributed by atoms with Gasteiger partial charge >= 0.3 is 0 Å². The summed E-state index contributed by atoms with van der Waals surface area (Å²) in [5, 5.41) is 4.01. The number of anilines is 1. The first kappa shape index (κ1) is 19.6. The molecule has 156 valence electrons. The molecule has 1 aliphatic rings. The van der Waals surface area contributed by atoms with E-state index in [0.29, 0.717) is 16.5 Å². The number of carbonyl (C=O) groups is 1. The van der Waals surface area contributed by atoms with Crippen molar-refractivity contribution >= 4 is 33.1 Å². The van der Waals surface area contributed by atoms with Gasteiger partial charge in [0.05, 0.1) is 16.8 Å². The average molecular weight is 431 g/mol. The van der Waals surface area contributed by atoms with Gasteiger partial charge in [-0.2, -0.15) is 0 Å². The van der Waals surface area contributed by atoms with E-state index in [2.05, 4.69) is 15.3 Å². The Kier molecular flexibility index (Phi) is 4.90. The number of nitrogens with zero attached hydrogens (tertiary/aromatic N) is 3. The fourth-order valence-corrected chi connectivity index (χ4v) is 4.80. The number of pyridine rings is 1. The van der Waals surface area contributed by atoms with E-state index in [1.807, 2.05) is 51.1 Å². The predicted molar refractivity (Wildman–Crippen MR) is 122 cm³/mol. The number of nitrogens with one attached hydrogen (secondary N) is 1. The Labute approximate surface area is 184 Å². The summed E-state index contributed by atoms with van der Waals surface area (Å²) in [6, 6.07) is 9.28. The molecular weight excluding hydrogens is 408 g/mol. The van der Waals surface area contributed by atoms with Crippen molar-refractivity contribution in [2.75, 3.05) is 5.32 Å². The second kappa shape index (κ2) is 7.74. The highest BCUT2D eigenvalue weighted by Crippen LogP contribution is 2.40. The van der Waals surface area contributed by atoms with Gasteiger partial charge in [0.25, 0.3) is 5.91 Å². The number of rotatable bonds is 5. The molecule has 4 aromatic rings. The molecule has 1 aliphatic carbocycles. The molecule has 0 radical (unpaired) electrons. The van der Waals surface area contributed by atoms with E-state index in [9.17, 15) is 4.79 Å². The second-order valence-corrected chi connectivity index (χ2v) is 8.90. The molecule has 0 bridgehead atoms. The minimum absolute atomic E-state index is 0.131. The number of aryl methyl sites for hydroxylation is 3. The van der Waals surface area contributed by atoms with Crippen molar-refractivity contribution in [1.82, 2.24) is 15.0 Å². The van der Waals surface area contributed by atoms with Crippen LogP contribution in [0.5, 0.6) is 11.5 Å². The van der Waals surface area contributed by atoms with Gasteiger partial charge in [0, 0.05) is 23.2 Å². The monoisotopic (exact) mass is 430 g/mol. The summed E-state index contributed by atoms with van der Waals surface area (Å²) < 4.78 is 5.87. The molecule has 0 aliphatic heterocycles. The van der Waals surface area contributed by atoms with Crippen LogP contribution < -0.4 is 10.1 Å². The Balaban J connectivity index is 1.38. The Morgan fingerprint density at radius 2 is 2.00 bits per heavy atom. The molecule has 0 unspecified atom stereocenters. The Hall–Kier alpha value is -3.32. The fourth-order valence-electron chi connectivity index (χ4n) is 3.66. The number of carbonyl (C=O) groups excluding carboxylic acids is 1. The fraction of sp³-hybridized carbons (Fsp3) is 0.250. The second-order valence-electron chi connectivity index (χ2n) is 7.90. The zero-order valence-corrected chi connectivity index (χ0v) is 18.4. The summed E-state index contributed by atoms with van der Waals surface area (Å²) in [5.74, 6) is 2.66. The number of fused-ring (bicyclic) bond motifs is 1. The van der Waals surface area contributed by atoms with Crippen molar-refractivity contribution in [2.45, 2.75) is 39.5 Å². The maximum atomic E-state index is 13.0. The van der Waals surface area contributed by atoms with Crippen molar-refractivity contribution in [1.29, 1.82) is 0 Å². The quantitative estimate of drug-likeness (QED) is 0.424. The van der Waals surface area contributed by atoms with Crippen LogP contribution in [-0.4, -0.2) is 20.9 Å². The molecule has 1 saturated carbocycles. The first-order valence-corrected chi connectivity index (χ1v) is 11.1. The molecule has 31 heavy (non-hydrogen) atoms. The van der Waals surface area contributed by atoms with Crippen molar-refractivity contribution < 1.29 is 9.53 Å². The number of hydrogen-bond donors (Lipinski definition) is 1. The van der Waals surface area contributed by atoms with E-state index in [-0.39, 0.29) is 5.91 Å². The normalized spacial score (nSPS) is 13.4. The summed E-state index contributed by atoms with van der Waals surface area (Å²) in [6.07, 6.45) is 5.68. The van der Waals surface area contributed by atoms with Crippen molar-refractivity contribution in [2.24, 2.45) is 0 Å². The van der Waals surface area contributed by atoms with Crippen LogP contribution in [0.4, 0.5) is 5.69 Å². The standard InChI is InChI=1S/C24H22N4O2S/c1-13-11-17(8-9-19(13)30-18-5-4-10-25-12-18)27-23(29)21-14(2)20-15(3)26-22(16-6-7-16)28-24(20)31-21/h4-5,8-12,16H,6-7H2,1-3H3,(H,27,29). The zero-order valence-electron chi connectivity index (χ0n) is 17.6. The van der Waals surface area contributed by atoms with Crippen molar-refractivity contribution in [3.63, 3.8) is 0 Å². The van der Waals surface area contributed by atoms with E-state index in [0.717, 1.165) is 57.1 Å². The van der Waals surface area contributed by atoms with E-state index < -0.39 is 0 Å². The number of amides is 1. The number of thiophene rings is 1. The van der Waals surface area contributed by atoms with E-state index in [1.165, 1.54) is 11.3 Å². The zero-order chi connectivity index (χ0) is 21.5. The third-order valence-corrected chi connectivity index (χ3v) is 6.62. The largest absolute Gasteiger partial charge is 0.455 e. The van der Waals surface area contributed by atoms with Crippen LogP contribution in [0.25, 0.3) is 10.2 Å². The van der Waals surface area contributed by atoms with Crippen LogP contribution in [0, 0.1) is 20.8 Å². The lowest BCUT2D eigenvalue weighted by Gasteiger charge is -2.11. The molecular formula is C24H22N4O2S. The highest BCUT2D eigenvalue weighted by molar-refractivity contribution is 7.20. The Bertz CT molecular complexity index is 1300. The maximum Gasteiger partial charge on any atom is 0.266 e. The minimum Gasteiger partial charge on any atom is -0.455 e. The van der Waals surface area contributed by atoms with Gasteiger partial charge in [0.15, 0.2) is 0 Å². The summed E-state index contributed by atoms with van der Waals surface area (Å²) in [7, 11) is 0. The molecule has 0 saturated heterocycles. The maximum absolute atomic E-state index is 13.0. The Morgan fingerprint density at radius 1 is 1.16 bits per heavy atom. The SMILES string of the molecule is Cc1cc(NC(=O)c2sc3nc(C4CC4)nc(C)c3c2C)ccc1Oc1cccnc1. The Morgan fingerprint density at radius 3 is 2.71 bits per heavy atom. The topological polar surface area (TPSA) is 77.0 Å². The van der Waals surface area contributed by atoms with Gasteiger partial charge in [0.2, 0.25) is 0 Å². The van der Waals surface area contributed by atoms with Gasteiger partial charge < -0.3 is 10.1 Å². The lowest BCUT2D eigenvalue weighted by atomic mass is 10.1. The van der Waals surface area contributed by atoms with Crippen LogP contribution in [0.15, 0.2) is 42.7 Å². The van der Waals surface area contributed by atoms with E-state index >= 15 is 0 Å². The van der Waals surface area contributed by atoms with Crippen molar-refractivity contribution in [3.8, 4) is 11.5 Å². The third kappa shape index (κ3) is 3.88. The third-order valence-electron chi connectivity index (χ3n) is 5.43. The van der Waals surface area contributed by atoms with Gasteiger partial charge in [-0.15, -0.1) is 11.3 Å². The van der Waals surface area contributed by atoms with E-state index in [1.54, 1.807) is 12.4 Å². The van der Waals surface area contributed by atoms with Gasteiger partial charge in [-0.1, -0.05) is 0 Å². The van der Waals surface area contributed by atoms with Gasteiger partial charge in [-0.05, 0) is 75.1 Å². The van der Waals surface area contributed by atoms with Gasteiger partial charge in [-0.25, -0.2) is 9.97 Å². The lowest BCUT2D eigenvalue weighted by molar-refractivity contribution is 0.103. The van der Waals surface area contributed by atoms with Crippen LogP contribution in [0.3, 0.4) is 0 Å². The van der Waals surface area contributed by atoms with Crippen LogP contribution >= 0.6 is 11.3 Å².